The predicted octanol–water partition coefficient (Wildman–Crippen LogP) is 2.98. The van der Waals surface area contributed by atoms with Gasteiger partial charge in [-0.3, -0.25) is 4.79 Å². The fourth-order valence-electron chi connectivity index (χ4n) is 1.69. The van der Waals surface area contributed by atoms with Crippen LogP contribution in [0.4, 0.5) is 5.00 Å². The second kappa shape index (κ2) is 6.02. The van der Waals surface area contributed by atoms with Crippen LogP contribution in [0, 0.1) is 6.92 Å². The molecule has 1 heterocycles. The Morgan fingerprint density at radius 3 is 2.75 bits per heavy atom. The zero-order chi connectivity index (χ0) is 14.7. The van der Waals surface area contributed by atoms with Crippen LogP contribution in [-0.2, 0) is 11.2 Å². The molecule has 7 heteroatoms. The predicted molar refractivity (Wildman–Crippen MR) is 77.6 cm³/mol. The van der Waals surface area contributed by atoms with Gasteiger partial charge in [-0.2, -0.15) is 4.37 Å². The molecule has 0 radical (unpaired) electrons. The fraction of sp³-hybridized carbons (Fsp3) is 0.154. The van der Waals surface area contributed by atoms with E-state index in [0.29, 0.717) is 16.3 Å². The number of nitrogens with zero attached hydrogens (tertiary/aromatic N) is 1. The Morgan fingerprint density at radius 2 is 2.10 bits per heavy atom. The number of carbonyl (C=O) groups excluding carboxylic acids is 1. The Bertz CT molecular complexity index is 669. The van der Waals surface area contributed by atoms with Gasteiger partial charge in [0.15, 0.2) is 0 Å². The number of aryl methyl sites for hydroxylation is 1. The number of aromatic carboxylic acids is 1. The van der Waals surface area contributed by atoms with E-state index in [-0.39, 0.29) is 22.9 Å². The normalized spacial score (nSPS) is 10.3. The van der Waals surface area contributed by atoms with Crippen molar-refractivity contribution in [3.63, 3.8) is 0 Å². The van der Waals surface area contributed by atoms with Gasteiger partial charge in [-0.15, -0.1) is 0 Å². The molecule has 0 bridgehead atoms. The summed E-state index contributed by atoms with van der Waals surface area (Å²) in [6.07, 6.45) is 0.0790. The molecule has 0 atom stereocenters. The van der Waals surface area contributed by atoms with Gasteiger partial charge in [0.25, 0.3) is 0 Å². The zero-order valence-electron chi connectivity index (χ0n) is 10.5. The van der Waals surface area contributed by atoms with Gasteiger partial charge in [-0.25, -0.2) is 4.79 Å². The number of hydrogen-bond acceptors (Lipinski definition) is 4. The number of carboxylic acids is 1. The maximum atomic E-state index is 11.9. The van der Waals surface area contributed by atoms with Crippen molar-refractivity contribution in [1.29, 1.82) is 0 Å². The van der Waals surface area contributed by atoms with Crippen molar-refractivity contribution < 1.29 is 14.7 Å². The van der Waals surface area contributed by atoms with Gasteiger partial charge < -0.3 is 10.4 Å². The molecule has 1 amide bonds. The molecule has 0 aliphatic heterocycles. The van der Waals surface area contributed by atoms with Gasteiger partial charge in [-0.05, 0) is 30.1 Å². The fourth-order valence-corrected chi connectivity index (χ4v) is 2.70. The highest BCUT2D eigenvalue weighted by atomic mass is 35.5. The van der Waals surface area contributed by atoms with Crippen molar-refractivity contribution in [1.82, 2.24) is 4.37 Å². The Labute approximate surface area is 124 Å². The average molecular weight is 311 g/mol. The Morgan fingerprint density at radius 1 is 1.40 bits per heavy atom. The Kier molecular flexibility index (Phi) is 4.36. The Hall–Kier alpha value is -1.92. The number of benzene rings is 1. The quantitative estimate of drug-likeness (QED) is 0.910. The van der Waals surface area contributed by atoms with Crippen molar-refractivity contribution in [2.75, 3.05) is 5.32 Å². The van der Waals surface area contributed by atoms with E-state index < -0.39 is 5.97 Å². The Balaban J connectivity index is 2.13. The van der Waals surface area contributed by atoms with E-state index in [9.17, 15) is 9.59 Å². The van der Waals surface area contributed by atoms with Crippen LogP contribution in [-0.4, -0.2) is 21.4 Å². The highest BCUT2D eigenvalue weighted by Crippen LogP contribution is 2.25. The third kappa shape index (κ3) is 3.15. The van der Waals surface area contributed by atoms with Crippen LogP contribution in [0.15, 0.2) is 24.3 Å². The van der Waals surface area contributed by atoms with Crippen molar-refractivity contribution in [2.24, 2.45) is 0 Å². The minimum atomic E-state index is -1.11. The lowest BCUT2D eigenvalue weighted by atomic mass is 10.1. The SMILES string of the molecule is Cc1nsc(NC(=O)Cc2ccccc2Cl)c1C(=O)O. The molecule has 0 aliphatic rings. The maximum absolute atomic E-state index is 11.9. The largest absolute Gasteiger partial charge is 0.478 e. The van der Waals surface area contributed by atoms with Crippen molar-refractivity contribution in [2.45, 2.75) is 13.3 Å². The molecule has 0 spiro atoms. The minimum absolute atomic E-state index is 0.0301. The molecule has 0 fully saturated rings. The lowest BCUT2D eigenvalue weighted by Crippen LogP contribution is -2.15. The summed E-state index contributed by atoms with van der Waals surface area (Å²) in [7, 11) is 0. The van der Waals surface area contributed by atoms with Crippen LogP contribution in [0.25, 0.3) is 0 Å². The van der Waals surface area contributed by atoms with E-state index in [2.05, 4.69) is 9.69 Å². The van der Waals surface area contributed by atoms with E-state index in [1.807, 2.05) is 0 Å². The zero-order valence-corrected chi connectivity index (χ0v) is 12.1. The third-order valence-electron chi connectivity index (χ3n) is 2.64. The van der Waals surface area contributed by atoms with E-state index in [0.717, 1.165) is 11.5 Å². The minimum Gasteiger partial charge on any atom is -0.478 e. The summed E-state index contributed by atoms with van der Waals surface area (Å²) >= 11 is 6.93. The molecule has 0 saturated carbocycles. The summed E-state index contributed by atoms with van der Waals surface area (Å²) < 4.78 is 3.94. The summed E-state index contributed by atoms with van der Waals surface area (Å²) in [5.74, 6) is -1.44. The number of carbonyl (C=O) groups is 2. The molecule has 2 aromatic rings. The smallest absolute Gasteiger partial charge is 0.340 e. The van der Waals surface area contributed by atoms with Gasteiger partial charge in [-0.1, -0.05) is 29.8 Å². The first-order valence-electron chi connectivity index (χ1n) is 5.72. The van der Waals surface area contributed by atoms with Crippen molar-refractivity contribution >= 4 is 40.0 Å². The molecule has 2 N–H and O–H groups in total. The number of anilines is 1. The highest BCUT2D eigenvalue weighted by Gasteiger charge is 2.19. The van der Waals surface area contributed by atoms with E-state index in [4.69, 9.17) is 16.7 Å². The first-order valence-corrected chi connectivity index (χ1v) is 6.87. The van der Waals surface area contributed by atoms with E-state index in [1.165, 1.54) is 0 Å². The summed E-state index contributed by atoms with van der Waals surface area (Å²) in [4.78, 5) is 23.0. The second-order valence-electron chi connectivity index (χ2n) is 4.09. The standard InChI is InChI=1S/C13H11ClN2O3S/c1-7-11(13(18)19)12(20-16-7)15-10(17)6-8-4-2-3-5-9(8)14/h2-5H,6H2,1H3,(H,15,17)(H,18,19). The number of hydrogen-bond donors (Lipinski definition) is 2. The molecule has 2 rings (SSSR count). The summed E-state index contributed by atoms with van der Waals surface area (Å²) in [5, 5.41) is 12.4. The van der Waals surface area contributed by atoms with Gasteiger partial charge in [0.1, 0.15) is 10.6 Å². The molecule has 0 aliphatic carbocycles. The first kappa shape index (κ1) is 14.5. The van der Waals surface area contributed by atoms with Gasteiger partial charge in [0.05, 0.1) is 12.1 Å². The van der Waals surface area contributed by atoms with Crippen LogP contribution >= 0.6 is 23.1 Å². The number of nitrogens with one attached hydrogen (secondary N) is 1. The van der Waals surface area contributed by atoms with Crippen LogP contribution in [0.3, 0.4) is 0 Å². The summed E-state index contributed by atoms with van der Waals surface area (Å²) in [6, 6.07) is 7.01. The van der Waals surface area contributed by atoms with Gasteiger partial charge >= 0.3 is 5.97 Å². The van der Waals surface area contributed by atoms with Crippen LogP contribution in [0.2, 0.25) is 5.02 Å². The molecular formula is C13H11ClN2O3S. The molecule has 0 saturated heterocycles. The van der Waals surface area contributed by atoms with Crippen LogP contribution in [0.5, 0.6) is 0 Å². The van der Waals surface area contributed by atoms with Crippen molar-refractivity contribution in [3.05, 3.63) is 46.1 Å². The number of aromatic nitrogens is 1. The molecular weight excluding hydrogens is 300 g/mol. The first-order chi connectivity index (χ1) is 9.49. The van der Waals surface area contributed by atoms with E-state index >= 15 is 0 Å². The van der Waals surface area contributed by atoms with E-state index in [1.54, 1.807) is 31.2 Å². The second-order valence-corrected chi connectivity index (χ2v) is 5.27. The molecule has 1 aromatic heterocycles. The number of amides is 1. The number of rotatable bonds is 4. The average Bonchev–Trinajstić information content (AvgIpc) is 2.73. The molecule has 5 nitrogen and oxygen atoms in total. The van der Waals surface area contributed by atoms with Crippen LogP contribution in [0.1, 0.15) is 21.6 Å². The topological polar surface area (TPSA) is 79.3 Å². The van der Waals surface area contributed by atoms with Crippen LogP contribution < -0.4 is 5.32 Å². The molecule has 20 heavy (non-hydrogen) atoms. The number of halogens is 1. The maximum Gasteiger partial charge on any atom is 0.340 e. The monoisotopic (exact) mass is 310 g/mol. The molecule has 104 valence electrons. The third-order valence-corrected chi connectivity index (χ3v) is 3.86. The lowest BCUT2D eigenvalue weighted by Gasteiger charge is -2.05. The summed E-state index contributed by atoms with van der Waals surface area (Å²) in [6.45, 7) is 1.59. The van der Waals surface area contributed by atoms with Gasteiger partial charge in [0.2, 0.25) is 5.91 Å². The highest BCUT2D eigenvalue weighted by molar-refractivity contribution is 7.11. The molecule has 0 unspecified atom stereocenters. The van der Waals surface area contributed by atoms with Crippen molar-refractivity contribution in [3.8, 4) is 0 Å². The lowest BCUT2D eigenvalue weighted by molar-refractivity contribution is -0.115. The van der Waals surface area contributed by atoms with Gasteiger partial charge in [0, 0.05) is 5.02 Å². The molecule has 1 aromatic carbocycles. The summed E-state index contributed by atoms with van der Waals surface area (Å²) in [5.41, 5.74) is 1.10. The number of carboxylic acid groups (broad SMARTS) is 1.